The molecule has 0 unspecified atom stereocenters. The standard InChI is InChI=1S/C18H25BO2/c1-6-13-11-12-14-9-7-8-10-15(14)16(13)19-20-17(2,3)18(4,5)21-19/h6,11-12H,1,7-10H2,2-5H3. The van der Waals surface area contributed by atoms with Crippen LogP contribution in [0.3, 0.4) is 0 Å². The molecule has 21 heavy (non-hydrogen) atoms. The maximum absolute atomic E-state index is 6.29. The van der Waals surface area contributed by atoms with Crippen LogP contribution < -0.4 is 5.46 Å². The summed E-state index contributed by atoms with van der Waals surface area (Å²) >= 11 is 0. The second-order valence-electron chi connectivity index (χ2n) is 7.21. The van der Waals surface area contributed by atoms with Gasteiger partial charge in [-0.3, -0.25) is 0 Å². The van der Waals surface area contributed by atoms with Crippen LogP contribution in [0.15, 0.2) is 18.7 Å². The lowest BCUT2D eigenvalue weighted by molar-refractivity contribution is 0.00578. The van der Waals surface area contributed by atoms with Gasteiger partial charge < -0.3 is 9.31 Å². The molecule has 2 aliphatic rings. The Morgan fingerprint density at radius 3 is 2.29 bits per heavy atom. The molecule has 1 aliphatic heterocycles. The highest BCUT2D eigenvalue weighted by molar-refractivity contribution is 6.63. The minimum Gasteiger partial charge on any atom is -0.399 e. The lowest BCUT2D eigenvalue weighted by Gasteiger charge is -2.32. The molecule has 2 nitrogen and oxygen atoms in total. The quantitative estimate of drug-likeness (QED) is 0.774. The van der Waals surface area contributed by atoms with Gasteiger partial charge in [0.25, 0.3) is 0 Å². The van der Waals surface area contributed by atoms with Crippen molar-refractivity contribution < 1.29 is 9.31 Å². The molecule has 0 amide bonds. The van der Waals surface area contributed by atoms with E-state index in [2.05, 4.69) is 46.4 Å². The minimum absolute atomic E-state index is 0.281. The van der Waals surface area contributed by atoms with Crippen molar-refractivity contribution in [2.45, 2.75) is 64.6 Å². The van der Waals surface area contributed by atoms with Crippen LogP contribution >= 0.6 is 0 Å². The van der Waals surface area contributed by atoms with Gasteiger partial charge in [-0.2, -0.15) is 0 Å². The van der Waals surface area contributed by atoms with Crippen LogP contribution in [-0.4, -0.2) is 18.3 Å². The lowest BCUT2D eigenvalue weighted by atomic mass is 9.69. The second-order valence-corrected chi connectivity index (χ2v) is 7.21. The van der Waals surface area contributed by atoms with E-state index in [4.69, 9.17) is 9.31 Å². The van der Waals surface area contributed by atoms with Crippen molar-refractivity contribution in [1.82, 2.24) is 0 Å². The Balaban J connectivity index is 2.08. The summed E-state index contributed by atoms with van der Waals surface area (Å²) < 4.78 is 12.6. The summed E-state index contributed by atoms with van der Waals surface area (Å²) in [6, 6.07) is 4.41. The van der Waals surface area contributed by atoms with Crippen LogP contribution in [0.5, 0.6) is 0 Å². The Bertz CT molecular complexity index is 559. The maximum Gasteiger partial charge on any atom is 0.495 e. The fourth-order valence-electron chi connectivity index (χ4n) is 3.29. The van der Waals surface area contributed by atoms with Crippen LogP contribution in [0.1, 0.15) is 57.2 Å². The molecule has 112 valence electrons. The van der Waals surface area contributed by atoms with Crippen LogP contribution in [0.2, 0.25) is 0 Å². The minimum atomic E-state index is -0.298. The van der Waals surface area contributed by atoms with Gasteiger partial charge in [-0.25, -0.2) is 0 Å². The fraction of sp³-hybridized carbons (Fsp3) is 0.556. The average molecular weight is 284 g/mol. The molecular weight excluding hydrogens is 259 g/mol. The zero-order valence-corrected chi connectivity index (χ0v) is 13.7. The second kappa shape index (κ2) is 5.00. The average Bonchev–Trinajstić information content (AvgIpc) is 2.65. The summed E-state index contributed by atoms with van der Waals surface area (Å²) in [6.07, 6.45) is 6.74. The smallest absolute Gasteiger partial charge is 0.399 e. The first-order valence-electron chi connectivity index (χ1n) is 7.98. The van der Waals surface area contributed by atoms with Crippen molar-refractivity contribution in [3.63, 3.8) is 0 Å². The zero-order chi connectivity index (χ0) is 15.3. The van der Waals surface area contributed by atoms with Gasteiger partial charge in [0.2, 0.25) is 0 Å². The summed E-state index contributed by atoms with van der Waals surface area (Å²) in [6.45, 7) is 12.4. The van der Waals surface area contributed by atoms with E-state index in [9.17, 15) is 0 Å². The van der Waals surface area contributed by atoms with E-state index in [1.165, 1.54) is 35.9 Å². The van der Waals surface area contributed by atoms with Crippen molar-refractivity contribution in [1.29, 1.82) is 0 Å². The Morgan fingerprint density at radius 1 is 1.05 bits per heavy atom. The highest BCUT2D eigenvalue weighted by atomic mass is 16.7. The molecule has 1 fully saturated rings. The Kier molecular flexibility index (Phi) is 3.54. The van der Waals surface area contributed by atoms with Crippen molar-refractivity contribution >= 4 is 18.7 Å². The highest BCUT2D eigenvalue weighted by Crippen LogP contribution is 2.37. The van der Waals surface area contributed by atoms with Gasteiger partial charge in [0.05, 0.1) is 11.2 Å². The van der Waals surface area contributed by atoms with Gasteiger partial charge in [0.15, 0.2) is 0 Å². The lowest BCUT2D eigenvalue weighted by Crippen LogP contribution is -2.41. The van der Waals surface area contributed by atoms with E-state index in [0.717, 1.165) is 12.0 Å². The largest absolute Gasteiger partial charge is 0.495 e. The molecular formula is C18H25BO2. The van der Waals surface area contributed by atoms with Crippen molar-refractivity contribution in [2.24, 2.45) is 0 Å². The van der Waals surface area contributed by atoms with Crippen LogP contribution in [0.4, 0.5) is 0 Å². The number of fused-ring (bicyclic) bond motifs is 1. The fourth-order valence-corrected chi connectivity index (χ4v) is 3.29. The molecule has 1 aliphatic carbocycles. The summed E-state index contributed by atoms with van der Waals surface area (Å²) in [5.41, 5.74) is 4.64. The number of benzene rings is 1. The van der Waals surface area contributed by atoms with Crippen LogP contribution in [0, 0.1) is 0 Å². The van der Waals surface area contributed by atoms with Gasteiger partial charge in [-0.05, 0) is 75.5 Å². The first kappa shape index (κ1) is 14.9. The summed E-state index contributed by atoms with van der Waals surface area (Å²) in [5, 5.41) is 0. The number of aryl methyl sites for hydroxylation is 1. The zero-order valence-electron chi connectivity index (χ0n) is 13.7. The van der Waals surface area contributed by atoms with Gasteiger partial charge >= 0.3 is 7.12 Å². The SMILES string of the molecule is C=Cc1ccc2c(c1B1OC(C)(C)C(C)(C)O1)CCCC2. The molecule has 0 spiro atoms. The molecule has 0 radical (unpaired) electrons. The Labute approximate surface area is 128 Å². The van der Waals surface area contributed by atoms with Gasteiger partial charge in [-0.15, -0.1) is 0 Å². The summed E-state index contributed by atoms with van der Waals surface area (Å²) in [4.78, 5) is 0. The molecule has 0 N–H and O–H groups in total. The van der Waals surface area contributed by atoms with E-state index in [1.807, 2.05) is 6.08 Å². The van der Waals surface area contributed by atoms with E-state index in [-0.39, 0.29) is 18.3 Å². The van der Waals surface area contributed by atoms with E-state index in [0.29, 0.717) is 0 Å². The summed E-state index contributed by atoms with van der Waals surface area (Å²) in [7, 11) is -0.281. The molecule has 1 saturated heterocycles. The van der Waals surface area contributed by atoms with E-state index in [1.54, 1.807) is 0 Å². The maximum atomic E-state index is 6.29. The molecule has 0 saturated carbocycles. The van der Waals surface area contributed by atoms with Crippen LogP contribution in [-0.2, 0) is 22.2 Å². The third kappa shape index (κ3) is 2.37. The monoisotopic (exact) mass is 284 g/mol. The molecule has 3 heteroatoms. The molecule has 0 bridgehead atoms. The predicted octanol–water partition coefficient (Wildman–Crippen LogP) is 3.51. The van der Waals surface area contributed by atoms with Crippen molar-refractivity contribution in [3.05, 3.63) is 35.4 Å². The normalized spacial score (nSPS) is 23.0. The molecule has 0 aromatic heterocycles. The number of hydrogen-bond acceptors (Lipinski definition) is 2. The molecule has 1 aromatic rings. The first-order valence-corrected chi connectivity index (χ1v) is 7.98. The van der Waals surface area contributed by atoms with Crippen molar-refractivity contribution in [3.8, 4) is 0 Å². The van der Waals surface area contributed by atoms with Gasteiger partial charge in [0.1, 0.15) is 0 Å². The first-order chi connectivity index (χ1) is 9.86. The van der Waals surface area contributed by atoms with E-state index < -0.39 is 0 Å². The Morgan fingerprint density at radius 2 is 1.67 bits per heavy atom. The molecule has 3 rings (SSSR count). The third-order valence-electron chi connectivity index (χ3n) is 5.32. The van der Waals surface area contributed by atoms with Crippen LogP contribution in [0.25, 0.3) is 6.08 Å². The number of rotatable bonds is 2. The molecule has 1 heterocycles. The third-order valence-corrected chi connectivity index (χ3v) is 5.32. The molecule has 0 atom stereocenters. The predicted molar refractivity (Wildman–Crippen MR) is 88.9 cm³/mol. The highest BCUT2D eigenvalue weighted by Gasteiger charge is 2.52. The van der Waals surface area contributed by atoms with Gasteiger partial charge in [0, 0.05) is 0 Å². The van der Waals surface area contributed by atoms with Crippen molar-refractivity contribution in [2.75, 3.05) is 0 Å². The molecule has 1 aromatic carbocycles. The van der Waals surface area contributed by atoms with Gasteiger partial charge in [-0.1, -0.05) is 24.8 Å². The van der Waals surface area contributed by atoms with E-state index >= 15 is 0 Å². The number of hydrogen-bond donors (Lipinski definition) is 0. The summed E-state index contributed by atoms with van der Waals surface area (Å²) in [5.74, 6) is 0. The topological polar surface area (TPSA) is 18.5 Å². The Hall–Kier alpha value is -1.06.